The van der Waals surface area contributed by atoms with Gasteiger partial charge in [-0.3, -0.25) is 0 Å². The maximum Gasteiger partial charge on any atom is 0.123 e. The van der Waals surface area contributed by atoms with Crippen molar-refractivity contribution < 1.29 is 4.74 Å². The molecule has 2 aromatic rings. The zero-order valence-corrected chi connectivity index (χ0v) is 12.9. The van der Waals surface area contributed by atoms with Crippen molar-refractivity contribution in [1.29, 1.82) is 0 Å². The molecule has 0 unspecified atom stereocenters. The average molecular weight is 321 g/mol. The molecule has 0 saturated carbocycles. The number of hydrogen-bond donors (Lipinski definition) is 1. The number of nitrogens with zero attached hydrogens (tertiary/aromatic N) is 1. The van der Waals surface area contributed by atoms with E-state index in [1.807, 2.05) is 25.1 Å². The SMILES string of the molecule is COc1ccc(C)cc1CNc1ccc(Br)nc1C. The lowest BCUT2D eigenvalue weighted by Gasteiger charge is -2.12. The van der Waals surface area contributed by atoms with Crippen LogP contribution in [0.2, 0.25) is 0 Å². The Morgan fingerprint density at radius 2 is 2.00 bits per heavy atom. The van der Waals surface area contributed by atoms with Crippen molar-refractivity contribution in [2.24, 2.45) is 0 Å². The van der Waals surface area contributed by atoms with Crippen LogP contribution in [0.25, 0.3) is 0 Å². The van der Waals surface area contributed by atoms with Crippen LogP contribution >= 0.6 is 15.9 Å². The highest BCUT2D eigenvalue weighted by Gasteiger charge is 2.05. The van der Waals surface area contributed by atoms with Crippen LogP contribution in [0.4, 0.5) is 5.69 Å². The molecule has 4 heteroatoms. The summed E-state index contributed by atoms with van der Waals surface area (Å²) in [6.45, 7) is 4.78. The second kappa shape index (κ2) is 6.06. The molecule has 0 bridgehead atoms. The first-order chi connectivity index (χ1) is 9.10. The predicted octanol–water partition coefficient (Wildman–Crippen LogP) is 4.08. The molecule has 100 valence electrons. The Balaban J connectivity index is 2.16. The van der Waals surface area contributed by atoms with E-state index < -0.39 is 0 Å². The number of methoxy groups -OCH3 is 1. The van der Waals surface area contributed by atoms with Crippen molar-refractivity contribution in [3.05, 3.63) is 51.8 Å². The van der Waals surface area contributed by atoms with Gasteiger partial charge in [0.05, 0.1) is 18.5 Å². The predicted molar refractivity (Wildman–Crippen MR) is 81.7 cm³/mol. The van der Waals surface area contributed by atoms with E-state index in [9.17, 15) is 0 Å². The molecule has 0 spiro atoms. The molecule has 0 aliphatic rings. The van der Waals surface area contributed by atoms with Crippen molar-refractivity contribution in [2.75, 3.05) is 12.4 Å². The van der Waals surface area contributed by atoms with Crippen LogP contribution < -0.4 is 10.1 Å². The van der Waals surface area contributed by atoms with Crippen molar-refractivity contribution in [3.8, 4) is 5.75 Å². The van der Waals surface area contributed by atoms with E-state index >= 15 is 0 Å². The molecule has 2 rings (SSSR count). The molecule has 1 N–H and O–H groups in total. The molecule has 0 radical (unpaired) electrons. The Morgan fingerprint density at radius 3 is 2.68 bits per heavy atom. The lowest BCUT2D eigenvalue weighted by atomic mass is 10.1. The third-order valence-electron chi connectivity index (χ3n) is 2.96. The summed E-state index contributed by atoms with van der Waals surface area (Å²) in [5, 5.41) is 3.40. The van der Waals surface area contributed by atoms with Gasteiger partial charge in [-0.15, -0.1) is 0 Å². The number of aryl methyl sites for hydroxylation is 2. The van der Waals surface area contributed by atoms with Gasteiger partial charge >= 0.3 is 0 Å². The van der Waals surface area contributed by atoms with Gasteiger partial charge in [-0.25, -0.2) is 4.98 Å². The van der Waals surface area contributed by atoms with E-state index in [-0.39, 0.29) is 0 Å². The van der Waals surface area contributed by atoms with Crippen LogP contribution in [0.3, 0.4) is 0 Å². The van der Waals surface area contributed by atoms with E-state index in [2.05, 4.69) is 45.3 Å². The minimum atomic E-state index is 0.717. The summed E-state index contributed by atoms with van der Waals surface area (Å²) in [6, 6.07) is 10.1. The van der Waals surface area contributed by atoms with Crippen LogP contribution in [-0.4, -0.2) is 12.1 Å². The Labute approximate surface area is 122 Å². The largest absolute Gasteiger partial charge is 0.496 e. The lowest BCUT2D eigenvalue weighted by Crippen LogP contribution is -2.04. The Kier molecular flexibility index (Phi) is 4.43. The van der Waals surface area contributed by atoms with E-state index in [1.165, 1.54) is 5.56 Å². The number of aromatic nitrogens is 1. The van der Waals surface area contributed by atoms with Gasteiger partial charge in [0.2, 0.25) is 0 Å². The van der Waals surface area contributed by atoms with Gasteiger partial charge in [0, 0.05) is 12.1 Å². The Morgan fingerprint density at radius 1 is 1.21 bits per heavy atom. The average Bonchev–Trinajstić information content (AvgIpc) is 2.38. The molecular weight excluding hydrogens is 304 g/mol. The van der Waals surface area contributed by atoms with Crippen molar-refractivity contribution in [2.45, 2.75) is 20.4 Å². The Hall–Kier alpha value is -1.55. The van der Waals surface area contributed by atoms with Gasteiger partial charge in [-0.05, 0) is 48.0 Å². The topological polar surface area (TPSA) is 34.1 Å². The normalized spacial score (nSPS) is 10.3. The molecule has 3 nitrogen and oxygen atoms in total. The fraction of sp³-hybridized carbons (Fsp3) is 0.267. The second-order valence-corrected chi connectivity index (χ2v) is 5.25. The van der Waals surface area contributed by atoms with Crippen LogP contribution in [0.5, 0.6) is 5.75 Å². The number of benzene rings is 1. The first kappa shape index (κ1) is 13.9. The highest BCUT2D eigenvalue weighted by molar-refractivity contribution is 9.10. The van der Waals surface area contributed by atoms with Gasteiger partial charge in [-0.2, -0.15) is 0 Å². The fourth-order valence-electron chi connectivity index (χ4n) is 1.95. The Bertz CT molecular complexity index is 584. The first-order valence-electron chi connectivity index (χ1n) is 6.10. The smallest absolute Gasteiger partial charge is 0.123 e. The number of halogens is 1. The molecule has 1 aromatic carbocycles. The third kappa shape index (κ3) is 3.47. The second-order valence-electron chi connectivity index (χ2n) is 4.44. The first-order valence-corrected chi connectivity index (χ1v) is 6.90. The van der Waals surface area contributed by atoms with Gasteiger partial charge in [0.25, 0.3) is 0 Å². The molecule has 19 heavy (non-hydrogen) atoms. The van der Waals surface area contributed by atoms with Crippen LogP contribution in [0, 0.1) is 13.8 Å². The standard InChI is InChI=1S/C15H17BrN2O/c1-10-4-6-14(19-3)12(8-10)9-17-13-5-7-15(16)18-11(13)2/h4-8,17H,9H2,1-3H3. The van der Waals surface area contributed by atoms with Gasteiger partial charge < -0.3 is 10.1 Å². The summed E-state index contributed by atoms with van der Waals surface area (Å²) < 4.78 is 6.23. The summed E-state index contributed by atoms with van der Waals surface area (Å²) >= 11 is 3.37. The number of pyridine rings is 1. The van der Waals surface area contributed by atoms with Crippen molar-refractivity contribution >= 4 is 21.6 Å². The number of ether oxygens (including phenoxy) is 1. The van der Waals surface area contributed by atoms with Crippen molar-refractivity contribution in [3.63, 3.8) is 0 Å². The zero-order valence-electron chi connectivity index (χ0n) is 11.3. The summed E-state index contributed by atoms with van der Waals surface area (Å²) in [5.74, 6) is 0.904. The maximum absolute atomic E-state index is 5.37. The summed E-state index contributed by atoms with van der Waals surface area (Å²) in [5.41, 5.74) is 4.38. The van der Waals surface area contributed by atoms with Gasteiger partial charge in [0.15, 0.2) is 0 Å². The number of rotatable bonds is 4. The van der Waals surface area contributed by atoms with Crippen LogP contribution in [0.15, 0.2) is 34.9 Å². The minimum Gasteiger partial charge on any atom is -0.496 e. The highest BCUT2D eigenvalue weighted by Crippen LogP contribution is 2.22. The summed E-state index contributed by atoms with van der Waals surface area (Å²) in [4.78, 5) is 4.37. The monoisotopic (exact) mass is 320 g/mol. The zero-order chi connectivity index (χ0) is 13.8. The third-order valence-corrected chi connectivity index (χ3v) is 3.40. The molecule has 0 aliphatic carbocycles. The quantitative estimate of drug-likeness (QED) is 0.862. The van der Waals surface area contributed by atoms with Gasteiger partial charge in [-0.1, -0.05) is 17.7 Å². The minimum absolute atomic E-state index is 0.717. The molecule has 1 aromatic heterocycles. The van der Waals surface area contributed by atoms with E-state index in [0.29, 0.717) is 0 Å². The van der Waals surface area contributed by atoms with Crippen LogP contribution in [-0.2, 0) is 6.54 Å². The summed E-state index contributed by atoms with van der Waals surface area (Å²) in [7, 11) is 1.70. The highest BCUT2D eigenvalue weighted by atomic mass is 79.9. The molecular formula is C15H17BrN2O. The number of nitrogens with one attached hydrogen (secondary N) is 1. The molecule has 0 amide bonds. The van der Waals surface area contributed by atoms with E-state index in [4.69, 9.17) is 4.74 Å². The number of anilines is 1. The molecule has 1 heterocycles. The molecule has 0 saturated heterocycles. The molecule has 0 aliphatic heterocycles. The lowest BCUT2D eigenvalue weighted by molar-refractivity contribution is 0.410. The van der Waals surface area contributed by atoms with Crippen LogP contribution in [0.1, 0.15) is 16.8 Å². The number of hydrogen-bond acceptors (Lipinski definition) is 3. The summed E-state index contributed by atoms with van der Waals surface area (Å²) in [6.07, 6.45) is 0. The van der Waals surface area contributed by atoms with Gasteiger partial charge in [0.1, 0.15) is 10.4 Å². The van der Waals surface area contributed by atoms with Crippen molar-refractivity contribution in [1.82, 2.24) is 4.98 Å². The molecule has 0 atom stereocenters. The fourth-order valence-corrected chi connectivity index (χ4v) is 2.35. The molecule has 0 fully saturated rings. The van der Waals surface area contributed by atoms with E-state index in [1.54, 1.807) is 7.11 Å². The maximum atomic E-state index is 5.37. The van der Waals surface area contributed by atoms with E-state index in [0.717, 1.165) is 33.8 Å².